The first-order chi connectivity index (χ1) is 12.8. The summed E-state index contributed by atoms with van der Waals surface area (Å²) in [5.41, 5.74) is 0. The molecule has 2 aliphatic carbocycles. The average molecular weight is 431 g/mol. The highest BCUT2D eigenvalue weighted by Crippen LogP contribution is 2.49. The molecular weight excluding hydrogens is 407 g/mol. The molecule has 1 heterocycles. The monoisotopic (exact) mass is 430 g/mol. The van der Waals surface area contributed by atoms with Gasteiger partial charge in [0.1, 0.15) is 4.90 Å². The third-order valence-corrected chi connectivity index (χ3v) is 9.04. The molecule has 5 nitrogen and oxygen atoms in total. The zero-order chi connectivity index (χ0) is 19.2. The van der Waals surface area contributed by atoms with Gasteiger partial charge in [0.15, 0.2) is 0 Å². The Hall–Kier alpha value is -0.820. The number of sulfonamides is 1. The van der Waals surface area contributed by atoms with Crippen LogP contribution in [0.1, 0.15) is 32.1 Å². The molecule has 3 aliphatic rings. The first-order valence-corrected chi connectivity index (χ1v) is 11.8. The quantitative estimate of drug-likeness (QED) is 0.731. The summed E-state index contributed by atoms with van der Waals surface area (Å²) in [5.74, 6) is 2.26. The van der Waals surface area contributed by atoms with Gasteiger partial charge < -0.3 is 4.90 Å². The van der Waals surface area contributed by atoms with E-state index in [4.69, 9.17) is 23.2 Å². The molecule has 1 aromatic rings. The summed E-state index contributed by atoms with van der Waals surface area (Å²) in [6.07, 6.45) is 5.71. The standard InChI is InChI=1S/C19H24Cl2N2O3S/c20-16-3-4-17(21)18(12-16)27(25,26)23-7-5-22(6-8-23)19(24)11-15-10-13-1-2-14(15)9-13/h3-4,12-15H,1-2,5-11H2/t13-,14+,15-/m1/s1. The Morgan fingerprint density at radius 2 is 1.81 bits per heavy atom. The van der Waals surface area contributed by atoms with Gasteiger partial charge in [0.2, 0.25) is 15.9 Å². The van der Waals surface area contributed by atoms with Crippen molar-refractivity contribution in [2.24, 2.45) is 17.8 Å². The summed E-state index contributed by atoms with van der Waals surface area (Å²) in [6, 6.07) is 4.44. The lowest BCUT2D eigenvalue weighted by atomic mass is 9.86. The summed E-state index contributed by atoms with van der Waals surface area (Å²) in [4.78, 5) is 14.5. The lowest BCUT2D eigenvalue weighted by Gasteiger charge is -2.35. The molecule has 4 rings (SSSR count). The Labute approximate surface area is 170 Å². The van der Waals surface area contributed by atoms with E-state index in [0.29, 0.717) is 30.5 Å². The highest BCUT2D eigenvalue weighted by molar-refractivity contribution is 7.89. The molecule has 1 amide bonds. The van der Waals surface area contributed by atoms with Crippen molar-refractivity contribution in [2.75, 3.05) is 26.2 Å². The van der Waals surface area contributed by atoms with E-state index in [9.17, 15) is 13.2 Å². The van der Waals surface area contributed by atoms with Crippen LogP contribution in [0.3, 0.4) is 0 Å². The van der Waals surface area contributed by atoms with Crippen LogP contribution in [-0.2, 0) is 14.8 Å². The summed E-state index contributed by atoms with van der Waals surface area (Å²) in [6.45, 7) is 1.43. The van der Waals surface area contributed by atoms with Crippen molar-refractivity contribution in [3.8, 4) is 0 Å². The molecular formula is C19H24Cl2N2O3S. The fourth-order valence-electron chi connectivity index (χ4n) is 4.97. The average Bonchev–Trinajstić information content (AvgIpc) is 3.27. The van der Waals surface area contributed by atoms with Gasteiger partial charge in [0.05, 0.1) is 5.02 Å². The second kappa shape index (κ2) is 7.54. The van der Waals surface area contributed by atoms with Gasteiger partial charge in [0, 0.05) is 37.6 Å². The van der Waals surface area contributed by atoms with Crippen LogP contribution in [0.5, 0.6) is 0 Å². The van der Waals surface area contributed by atoms with Gasteiger partial charge >= 0.3 is 0 Å². The third kappa shape index (κ3) is 3.86. The molecule has 3 fully saturated rings. The Morgan fingerprint density at radius 1 is 1.07 bits per heavy atom. The van der Waals surface area contributed by atoms with Gasteiger partial charge in [-0.2, -0.15) is 4.31 Å². The van der Waals surface area contributed by atoms with Crippen molar-refractivity contribution in [3.63, 3.8) is 0 Å². The maximum absolute atomic E-state index is 12.9. The van der Waals surface area contributed by atoms with Crippen molar-refractivity contribution < 1.29 is 13.2 Å². The van der Waals surface area contributed by atoms with Crippen molar-refractivity contribution in [1.82, 2.24) is 9.21 Å². The maximum atomic E-state index is 12.9. The predicted molar refractivity (Wildman–Crippen MR) is 105 cm³/mol. The molecule has 1 aliphatic heterocycles. The van der Waals surface area contributed by atoms with Crippen molar-refractivity contribution in [3.05, 3.63) is 28.2 Å². The summed E-state index contributed by atoms with van der Waals surface area (Å²) < 4.78 is 27.2. The number of carbonyl (C=O) groups excluding carboxylic acids is 1. The first kappa shape index (κ1) is 19.5. The minimum Gasteiger partial charge on any atom is -0.340 e. The molecule has 2 saturated carbocycles. The van der Waals surface area contributed by atoms with Crippen LogP contribution in [0, 0.1) is 17.8 Å². The Bertz CT molecular complexity index is 837. The van der Waals surface area contributed by atoms with Gasteiger partial charge in [-0.15, -0.1) is 0 Å². The van der Waals surface area contributed by atoms with Crippen molar-refractivity contribution in [2.45, 2.75) is 37.0 Å². The van der Waals surface area contributed by atoms with E-state index in [1.165, 1.54) is 42.1 Å². The number of amides is 1. The van der Waals surface area contributed by atoms with Crippen LogP contribution in [0.25, 0.3) is 0 Å². The minimum atomic E-state index is -3.71. The number of hydrogen-bond donors (Lipinski definition) is 0. The van der Waals surface area contributed by atoms with Crippen molar-refractivity contribution >= 4 is 39.1 Å². The second-order valence-corrected chi connectivity index (χ2v) is 10.7. The number of rotatable bonds is 4. The van der Waals surface area contributed by atoms with Crippen LogP contribution < -0.4 is 0 Å². The van der Waals surface area contributed by atoms with E-state index in [0.717, 1.165) is 11.8 Å². The molecule has 1 saturated heterocycles. The summed E-state index contributed by atoms with van der Waals surface area (Å²) in [7, 11) is -3.71. The summed E-state index contributed by atoms with van der Waals surface area (Å²) in [5, 5.41) is 0.492. The lowest BCUT2D eigenvalue weighted by molar-refractivity contribution is -0.133. The van der Waals surface area contributed by atoms with Crippen LogP contribution >= 0.6 is 23.2 Å². The number of benzene rings is 1. The van der Waals surface area contributed by atoms with E-state index in [2.05, 4.69) is 0 Å². The van der Waals surface area contributed by atoms with Gasteiger partial charge in [0.25, 0.3) is 0 Å². The third-order valence-electron chi connectivity index (χ3n) is 6.42. The molecule has 0 unspecified atom stereocenters. The Kier molecular flexibility index (Phi) is 5.45. The number of hydrogen-bond acceptors (Lipinski definition) is 3. The maximum Gasteiger partial charge on any atom is 0.244 e. The molecule has 1 aromatic carbocycles. The topological polar surface area (TPSA) is 57.7 Å². The zero-order valence-electron chi connectivity index (χ0n) is 15.1. The van der Waals surface area contributed by atoms with Crippen molar-refractivity contribution in [1.29, 1.82) is 0 Å². The molecule has 0 spiro atoms. The fourth-order valence-corrected chi connectivity index (χ4v) is 7.13. The number of piperazine rings is 1. The Balaban J connectivity index is 1.37. The van der Waals surface area contributed by atoms with E-state index in [-0.39, 0.29) is 28.9 Å². The lowest BCUT2D eigenvalue weighted by Crippen LogP contribution is -2.50. The molecule has 0 radical (unpaired) electrons. The molecule has 0 N–H and O–H groups in total. The smallest absolute Gasteiger partial charge is 0.244 e. The number of nitrogens with zero attached hydrogens (tertiary/aromatic N) is 2. The van der Waals surface area contributed by atoms with Crippen LogP contribution in [0.2, 0.25) is 10.0 Å². The molecule has 3 atom stereocenters. The highest BCUT2D eigenvalue weighted by Gasteiger charge is 2.41. The fraction of sp³-hybridized carbons (Fsp3) is 0.632. The second-order valence-electron chi connectivity index (χ2n) is 8.00. The molecule has 0 aromatic heterocycles. The van der Waals surface area contributed by atoms with Crippen LogP contribution in [0.15, 0.2) is 23.1 Å². The number of fused-ring (bicyclic) bond motifs is 2. The molecule has 27 heavy (non-hydrogen) atoms. The molecule has 148 valence electrons. The number of halogens is 2. The molecule has 8 heteroatoms. The van der Waals surface area contributed by atoms with Gasteiger partial charge in [-0.05, 0) is 55.2 Å². The predicted octanol–water partition coefficient (Wildman–Crippen LogP) is 3.65. The largest absolute Gasteiger partial charge is 0.340 e. The van der Waals surface area contributed by atoms with Crippen LogP contribution in [0.4, 0.5) is 0 Å². The Morgan fingerprint density at radius 3 is 2.44 bits per heavy atom. The highest BCUT2D eigenvalue weighted by atomic mass is 35.5. The SMILES string of the molecule is O=C(C[C@H]1C[C@@H]2CC[C@H]1C2)N1CCN(S(=O)(=O)c2cc(Cl)ccc2Cl)CC1. The van der Waals surface area contributed by atoms with Gasteiger partial charge in [-0.25, -0.2) is 8.42 Å². The minimum absolute atomic E-state index is 0.0263. The number of carbonyl (C=O) groups is 1. The van der Waals surface area contributed by atoms with E-state index in [1.807, 2.05) is 4.90 Å². The van der Waals surface area contributed by atoms with Crippen LogP contribution in [-0.4, -0.2) is 49.7 Å². The first-order valence-electron chi connectivity index (χ1n) is 9.57. The van der Waals surface area contributed by atoms with Gasteiger partial charge in [-0.3, -0.25) is 4.79 Å². The van der Waals surface area contributed by atoms with E-state index < -0.39 is 10.0 Å². The molecule has 2 bridgehead atoms. The normalized spacial score (nSPS) is 28.7. The van der Waals surface area contributed by atoms with Gasteiger partial charge in [-0.1, -0.05) is 29.6 Å². The van der Waals surface area contributed by atoms with E-state index >= 15 is 0 Å². The zero-order valence-corrected chi connectivity index (χ0v) is 17.4. The summed E-state index contributed by atoms with van der Waals surface area (Å²) >= 11 is 12.0. The van der Waals surface area contributed by atoms with E-state index in [1.54, 1.807) is 6.07 Å².